The van der Waals surface area contributed by atoms with Crippen LogP contribution in [0.1, 0.15) is 41.7 Å². The van der Waals surface area contributed by atoms with E-state index in [4.69, 9.17) is 0 Å². The van der Waals surface area contributed by atoms with E-state index >= 15 is 0 Å². The van der Waals surface area contributed by atoms with Crippen LogP contribution >= 0.6 is 11.5 Å². The molecule has 1 aliphatic heterocycles. The van der Waals surface area contributed by atoms with Crippen molar-refractivity contribution in [1.29, 1.82) is 0 Å². The van der Waals surface area contributed by atoms with Gasteiger partial charge in [-0.3, -0.25) is 9.59 Å². The molecular weight excluding hydrogens is 355 g/mol. The largest absolute Gasteiger partial charge is 0.352 e. The van der Waals surface area contributed by atoms with Crippen LogP contribution in [0.5, 0.6) is 0 Å². The first kappa shape index (κ1) is 18.4. The molecule has 0 bridgehead atoms. The number of hydrogen-bond acceptors (Lipinski definition) is 5. The van der Waals surface area contributed by atoms with Gasteiger partial charge in [0.2, 0.25) is 5.91 Å². The van der Waals surface area contributed by atoms with Crippen LogP contribution in [0, 0.1) is 11.7 Å². The van der Waals surface area contributed by atoms with Crippen LogP contribution in [0.25, 0.3) is 0 Å². The molecule has 1 aliphatic rings. The Labute approximate surface area is 155 Å². The number of hydrogen-bond donors (Lipinski definition) is 1. The standard InChI is InChI=1S/C18H21FN4O2S/c19-15-6-2-1-5-14(15)10-20-17(24)8-7-13-4-3-9-23(11-13)18(25)16-12-26-22-21-16/h1-2,5-6,12-13H,3-4,7-11H2,(H,20,24). The van der Waals surface area contributed by atoms with Gasteiger partial charge in [-0.15, -0.1) is 5.10 Å². The fourth-order valence-corrected chi connectivity index (χ4v) is 3.59. The highest BCUT2D eigenvalue weighted by Gasteiger charge is 2.26. The highest BCUT2D eigenvalue weighted by molar-refractivity contribution is 7.03. The molecule has 0 spiro atoms. The molecule has 1 fully saturated rings. The second-order valence-electron chi connectivity index (χ2n) is 6.46. The smallest absolute Gasteiger partial charge is 0.275 e. The van der Waals surface area contributed by atoms with Gasteiger partial charge in [0.25, 0.3) is 5.91 Å². The molecule has 3 rings (SSSR count). The third-order valence-electron chi connectivity index (χ3n) is 4.60. The summed E-state index contributed by atoms with van der Waals surface area (Å²) < 4.78 is 17.3. The molecule has 6 nitrogen and oxygen atoms in total. The van der Waals surface area contributed by atoms with Crippen molar-refractivity contribution >= 4 is 23.3 Å². The maximum atomic E-state index is 13.6. The monoisotopic (exact) mass is 376 g/mol. The molecule has 8 heteroatoms. The molecule has 1 N–H and O–H groups in total. The molecule has 1 saturated heterocycles. The van der Waals surface area contributed by atoms with Gasteiger partial charge >= 0.3 is 0 Å². The van der Waals surface area contributed by atoms with E-state index in [9.17, 15) is 14.0 Å². The third kappa shape index (κ3) is 4.85. The molecule has 138 valence electrons. The van der Waals surface area contributed by atoms with Crippen LogP contribution in [0.15, 0.2) is 29.6 Å². The molecule has 0 saturated carbocycles. The number of nitrogens with zero attached hydrogens (tertiary/aromatic N) is 3. The number of likely N-dealkylation sites (tertiary alicyclic amines) is 1. The quantitative estimate of drug-likeness (QED) is 0.841. The summed E-state index contributed by atoms with van der Waals surface area (Å²) in [5.74, 6) is -0.211. The first-order valence-corrected chi connectivity index (χ1v) is 9.53. The number of aromatic nitrogens is 2. The summed E-state index contributed by atoms with van der Waals surface area (Å²) in [6.45, 7) is 1.54. The lowest BCUT2D eigenvalue weighted by molar-refractivity contribution is -0.121. The van der Waals surface area contributed by atoms with Crippen LogP contribution in [0.3, 0.4) is 0 Å². The molecule has 0 radical (unpaired) electrons. The van der Waals surface area contributed by atoms with Crippen molar-refractivity contribution in [2.24, 2.45) is 5.92 Å². The van der Waals surface area contributed by atoms with E-state index in [2.05, 4.69) is 14.9 Å². The van der Waals surface area contributed by atoms with Gasteiger partial charge in [-0.05, 0) is 42.8 Å². The van der Waals surface area contributed by atoms with Gasteiger partial charge in [0.15, 0.2) is 5.69 Å². The van der Waals surface area contributed by atoms with E-state index in [0.717, 1.165) is 24.4 Å². The molecule has 2 amide bonds. The van der Waals surface area contributed by atoms with Crippen LogP contribution in [0.2, 0.25) is 0 Å². The average Bonchev–Trinajstić information content (AvgIpc) is 3.20. The van der Waals surface area contributed by atoms with Crippen LogP contribution in [0.4, 0.5) is 4.39 Å². The van der Waals surface area contributed by atoms with Crippen LogP contribution < -0.4 is 5.32 Å². The second-order valence-corrected chi connectivity index (χ2v) is 7.07. The van der Waals surface area contributed by atoms with Gasteiger partial charge < -0.3 is 10.2 Å². The number of carbonyl (C=O) groups is 2. The number of rotatable bonds is 6. The van der Waals surface area contributed by atoms with Crippen molar-refractivity contribution in [2.45, 2.75) is 32.2 Å². The van der Waals surface area contributed by atoms with Crippen LogP contribution in [-0.4, -0.2) is 39.4 Å². The minimum absolute atomic E-state index is 0.0903. The van der Waals surface area contributed by atoms with E-state index < -0.39 is 0 Å². The van der Waals surface area contributed by atoms with E-state index in [0.29, 0.717) is 43.1 Å². The first-order valence-electron chi connectivity index (χ1n) is 8.70. The Bertz CT molecular complexity index is 753. The fourth-order valence-electron chi connectivity index (χ4n) is 3.16. The predicted molar refractivity (Wildman–Crippen MR) is 96.0 cm³/mol. The normalized spacial score (nSPS) is 17.1. The van der Waals surface area contributed by atoms with Gasteiger partial charge in [-0.25, -0.2) is 4.39 Å². The lowest BCUT2D eigenvalue weighted by Gasteiger charge is -2.32. The molecule has 1 aromatic carbocycles. The Morgan fingerprint density at radius 1 is 1.35 bits per heavy atom. The molecule has 2 heterocycles. The zero-order valence-corrected chi connectivity index (χ0v) is 15.2. The summed E-state index contributed by atoms with van der Waals surface area (Å²) in [5, 5.41) is 8.25. The number of benzene rings is 1. The predicted octanol–water partition coefficient (Wildman–Crippen LogP) is 2.63. The summed E-state index contributed by atoms with van der Waals surface area (Å²) in [5.41, 5.74) is 0.866. The van der Waals surface area contributed by atoms with Crippen molar-refractivity contribution in [3.63, 3.8) is 0 Å². The summed E-state index contributed by atoms with van der Waals surface area (Å²) in [7, 11) is 0. The Morgan fingerprint density at radius 2 is 2.19 bits per heavy atom. The van der Waals surface area contributed by atoms with Crippen molar-refractivity contribution in [3.8, 4) is 0 Å². The van der Waals surface area contributed by atoms with Crippen LogP contribution in [-0.2, 0) is 11.3 Å². The summed E-state index contributed by atoms with van der Waals surface area (Å²) in [6.07, 6.45) is 3.01. The lowest BCUT2D eigenvalue weighted by atomic mass is 9.93. The zero-order chi connectivity index (χ0) is 18.4. The van der Waals surface area contributed by atoms with E-state index in [1.165, 1.54) is 6.07 Å². The number of amides is 2. The SMILES string of the molecule is O=C(CCC1CCCN(C(=O)c2csnn2)C1)NCc1ccccc1F. The third-order valence-corrected chi connectivity index (χ3v) is 5.10. The molecule has 1 aromatic heterocycles. The highest BCUT2D eigenvalue weighted by Crippen LogP contribution is 2.22. The van der Waals surface area contributed by atoms with E-state index in [1.807, 2.05) is 0 Å². The molecule has 0 aliphatic carbocycles. The fraction of sp³-hybridized carbons (Fsp3) is 0.444. The number of carbonyl (C=O) groups excluding carboxylic acids is 2. The molecular formula is C18H21FN4O2S. The molecule has 2 aromatic rings. The first-order chi connectivity index (χ1) is 12.6. The van der Waals surface area contributed by atoms with Gasteiger partial charge in [0.05, 0.1) is 0 Å². The molecule has 26 heavy (non-hydrogen) atoms. The number of piperidine rings is 1. The second kappa shape index (κ2) is 8.84. The van der Waals surface area contributed by atoms with Crippen molar-refractivity contribution in [3.05, 3.63) is 46.7 Å². The Morgan fingerprint density at radius 3 is 2.96 bits per heavy atom. The Balaban J connectivity index is 1.43. The molecule has 1 atom stereocenters. The van der Waals surface area contributed by atoms with Gasteiger partial charge in [-0.2, -0.15) is 0 Å². The minimum atomic E-state index is -0.314. The summed E-state index contributed by atoms with van der Waals surface area (Å²) in [6, 6.07) is 6.41. The van der Waals surface area contributed by atoms with Gasteiger partial charge in [0.1, 0.15) is 5.82 Å². The summed E-state index contributed by atoms with van der Waals surface area (Å²) in [4.78, 5) is 26.2. The van der Waals surface area contributed by atoms with E-state index in [-0.39, 0.29) is 24.2 Å². The summed E-state index contributed by atoms with van der Waals surface area (Å²) >= 11 is 1.16. The van der Waals surface area contributed by atoms with Crippen molar-refractivity contribution in [1.82, 2.24) is 19.8 Å². The Hall–Kier alpha value is -2.35. The van der Waals surface area contributed by atoms with Crippen molar-refractivity contribution < 1.29 is 14.0 Å². The lowest BCUT2D eigenvalue weighted by Crippen LogP contribution is -2.40. The maximum Gasteiger partial charge on any atom is 0.275 e. The van der Waals surface area contributed by atoms with Gasteiger partial charge in [0, 0.05) is 37.0 Å². The maximum absolute atomic E-state index is 13.6. The zero-order valence-electron chi connectivity index (χ0n) is 14.4. The van der Waals surface area contributed by atoms with Crippen molar-refractivity contribution in [2.75, 3.05) is 13.1 Å². The highest BCUT2D eigenvalue weighted by atomic mass is 32.1. The number of nitrogens with one attached hydrogen (secondary N) is 1. The Kier molecular flexibility index (Phi) is 6.27. The van der Waals surface area contributed by atoms with E-state index in [1.54, 1.807) is 28.5 Å². The minimum Gasteiger partial charge on any atom is -0.352 e. The number of halogens is 1. The molecule has 1 unspecified atom stereocenters. The van der Waals surface area contributed by atoms with Gasteiger partial charge in [-0.1, -0.05) is 22.7 Å². The average molecular weight is 376 g/mol. The topological polar surface area (TPSA) is 75.2 Å².